The predicted octanol–water partition coefficient (Wildman–Crippen LogP) is 2.52. The van der Waals surface area contributed by atoms with Gasteiger partial charge in [0, 0.05) is 12.6 Å². The van der Waals surface area contributed by atoms with Crippen LogP contribution in [0.5, 0.6) is 0 Å². The molecule has 1 aliphatic rings. The van der Waals surface area contributed by atoms with Crippen molar-refractivity contribution in [3.05, 3.63) is 11.6 Å². The van der Waals surface area contributed by atoms with E-state index < -0.39 is 0 Å². The second-order valence-corrected chi connectivity index (χ2v) is 5.87. The molecule has 0 aliphatic heterocycles. The fourth-order valence-corrected chi connectivity index (χ4v) is 2.82. The molecule has 16 heavy (non-hydrogen) atoms. The molecule has 0 aromatic carbocycles. The van der Waals surface area contributed by atoms with Crippen molar-refractivity contribution in [2.24, 2.45) is 11.8 Å². The van der Waals surface area contributed by atoms with Crippen LogP contribution in [0.3, 0.4) is 0 Å². The van der Waals surface area contributed by atoms with Crippen LogP contribution in [0.2, 0.25) is 0 Å². The van der Waals surface area contributed by atoms with Gasteiger partial charge in [0.1, 0.15) is 0 Å². The summed E-state index contributed by atoms with van der Waals surface area (Å²) in [6, 6.07) is 0.594. The summed E-state index contributed by atoms with van der Waals surface area (Å²) >= 11 is 0. The van der Waals surface area contributed by atoms with Crippen molar-refractivity contribution in [2.75, 3.05) is 27.2 Å². The molecule has 0 fully saturated rings. The Morgan fingerprint density at radius 3 is 2.75 bits per heavy atom. The standard InChI is InChI=1S/C14H28N2/c1-11-6-12(2)8-14(7-11)9-15-13(3)10-16(4)5/h6,11,13-15H,7-10H2,1-5H3. The first-order chi connectivity index (χ1) is 7.47. The molecule has 0 spiro atoms. The monoisotopic (exact) mass is 224 g/mol. The van der Waals surface area contributed by atoms with E-state index in [0.717, 1.165) is 18.4 Å². The third kappa shape index (κ3) is 5.13. The third-order valence-electron chi connectivity index (χ3n) is 3.28. The SMILES string of the molecule is CC1=CC(C)CC(CNC(C)CN(C)C)C1. The number of likely N-dealkylation sites (N-methyl/N-ethyl adjacent to an activating group) is 1. The largest absolute Gasteiger partial charge is 0.313 e. The van der Waals surface area contributed by atoms with Crippen LogP contribution in [-0.4, -0.2) is 38.1 Å². The molecule has 1 aliphatic carbocycles. The van der Waals surface area contributed by atoms with E-state index in [1.54, 1.807) is 5.57 Å². The molecule has 3 unspecified atom stereocenters. The molecule has 2 heteroatoms. The maximum absolute atomic E-state index is 3.66. The average Bonchev–Trinajstić information content (AvgIpc) is 2.12. The maximum atomic E-state index is 3.66. The molecule has 3 atom stereocenters. The molecular formula is C14H28N2. The van der Waals surface area contributed by atoms with Gasteiger partial charge in [-0.05, 0) is 59.2 Å². The van der Waals surface area contributed by atoms with Gasteiger partial charge in [-0.2, -0.15) is 0 Å². The van der Waals surface area contributed by atoms with Crippen LogP contribution in [0.1, 0.15) is 33.6 Å². The fraction of sp³-hybridized carbons (Fsp3) is 0.857. The zero-order chi connectivity index (χ0) is 12.1. The molecule has 1 N–H and O–H groups in total. The van der Waals surface area contributed by atoms with Crippen LogP contribution in [0.25, 0.3) is 0 Å². The lowest BCUT2D eigenvalue weighted by Crippen LogP contribution is -2.39. The van der Waals surface area contributed by atoms with Crippen molar-refractivity contribution >= 4 is 0 Å². The van der Waals surface area contributed by atoms with Gasteiger partial charge in [0.2, 0.25) is 0 Å². The molecule has 0 radical (unpaired) electrons. The Balaban J connectivity index is 2.25. The number of nitrogens with zero attached hydrogens (tertiary/aromatic N) is 1. The molecule has 0 heterocycles. The number of rotatable bonds is 5. The first-order valence-electron chi connectivity index (χ1n) is 6.52. The molecule has 0 saturated heterocycles. The Morgan fingerprint density at radius 2 is 2.19 bits per heavy atom. The summed E-state index contributed by atoms with van der Waals surface area (Å²) in [7, 11) is 4.27. The Hall–Kier alpha value is -0.340. The highest BCUT2D eigenvalue weighted by Crippen LogP contribution is 2.27. The number of nitrogens with one attached hydrogen (secondary N) is 1. The molecule has 1 rings (SSSR count). The third-order valence-corrected chi connectivity index (χ3v) is 3.28. The van der Waals surface area contributed by atoms with Gasteiger partial charge in [-0.25, -0.2) is 0 Å². The fourth-order valence-electron chi connectivity index (χ4n) is 2.82. The Kier molecular flexibility index (Phi) is 5.50. The lowest BCUT2D eigenvalue weighted by Gasteiger charge is -2.27. The first-order valence-corrected chi connectivity index (χ1v) is 6.52. The highest BCUT2D eigenvalue weighted by molar-refractivity contribution is 5.06. The van der Waals surface area contributed by atoms with Gasteiger partial charge >= 0.3 is 0 Å². The van der Waals surface area contributed by atoms with Gasteiger partial charge in [0.25, 0.3) is 0 Å². The molecular weight excluding hydrogens is 196 g/mol. The normalized spacial score (nSPS) is 28.0. The van der Waals surface area contributed by atoms with Crippen molar-refractivity contribution in [2.45, 2.75) is 39.7 Å². The molecule has 0 amide bonds. The van der Waals surface area contributed by atoms with E-state index in [9.17, 15) is 0 Å². The van der Waals surface area contributed by atoms with Crippen LogP contribution in [0.4, 0.5) is 0 Å². The van der Waals surface area contributed by atoms with E-state index in [4.69, 9.17) is 0 Å². The van der Waals surface area contributed by atoms with Crippen LogP contribution < -0.4 is 5.32 Å². The zero-order valence-electron chi connectivity index (χ0n) is 11.6. The minimum Gasteiger partial charge on any atom is -0.313 e. The maximum Gasteiger partial charge on any atom is 0.0166 e. The summed E-state index contributed by atoms with van der Waals surface area (Å²) < 4.78 is 0. The second kappa shape index (κ2) is 6.41. The lowest BCUT2D eigenvalue weighted by molar-refractivity contribution is 0.317. The highest BCUT2D eigenvalue weighted by atomic mass is 15.1. The second-order valence-electron chi connectivity index (χ2n) is 5.87. The summed E-state index contributed by atoms with van der Waals surface area (Å²) in [6.07, 6.45) is 5.06. The smallest absolute Gasteiger partial charge is 0.0166 e. The number of hydrogen-bond acceptors (Lipinski definition) is 2. The average molecular weight is 224 g/mol. The molecule has 0 aromatic rings. The van der Waals surface area contributed by atoms with Crippen LogP contribution >= 0.6 is 0 Å². The van der Waals surface area contributed by atoms with Gasteiger partial charge in [-0.1, -0.05) is 18.6 Å². The van der Waals surface area contributed by atoms with Crippen LogP contribution in [0, 0.1) is 11.8 Å². The predicted molar refractivity (Wildman–Crippen MR) is 71.7 cm³/mol. The Labute approximate surface area is 101 Å². The quantitative estimate of drug-likeness (QED) is 0.722. The van der Waals surface area contributed by atoms with E-state index in [1.807, 2.05) is 0 Å². The van der Waals surface area contributed by atoms with Crippen molar-refractivity contribution in [3.63, 3.8) is 0 Å². The lowest BCUT2D eigenvalue weighted by atomic mass is 9.83. The van der Waals surface area contributed by atoms with Gasteiger partial charge in [-0.3, -0.25) is 0 Å². The van der Waals surface area contributed by atoms with Gasteiger partial charge in [0.05, 0.1) is 0 Å². The van der Waals surface area contributed by atoms with E-state index in [2.05, 4.69) is 51.2 Å². The Bertz CT molecular complexity index is 233. The summed E-state index contributed by atoms with van der Waals surface area (Å²) in [5.74, 6) is 1.61. The molecule has 94 valence electrons. The number of hydrogen-bond donors (Lipinski definition) is 1. The highest BCUT2D eigenvalue weighted by Gasteiger charge is 2.18. The summed E-state index contributed by atoms with van der Waals surface area (Å²) in [4.78, 5) is 2.24. The van der Waals surface area contributed by atoms with E-state index >= 15 is 0 Å². The molecule has 0 saturated carbocycles. The van der Waals surface area contributed by atoms with Crippen molar-refractivity contribution in [1.29, 1.82) is 0 Å². The first kappa shape index (κ1) is 13.7. The number of allylic oxidation sites excluding steroid dienone is 2. The summed E-state index contributed by atoms with van der Waals surface area (Å²) in [5, 5.41) is 3.66. The summed E-state index contributed by atoms with van der Waals surface area (Å²) in [5.41, 5.74) is 1.57. The van der Waals surface area contributed by atoms with Crippen LogP contribution in [0.15, 0.2) is 11.6 Å². The van der Waals surface area contributed by atoms with Crippen molar-refractivity contribution < 1.29 is 0 Å². The zero-order valence-corrected chi connectivity index (χ0v) is 11.6. The Morgan fingerprint density at radius 1 is 1.50 bits per heavy atom. The van der Waals surface area contributed by atoms with Gasteiger partial charge in [0.15, 0.2) is 0 Å². The van der Waals surface area contributed by atoms with Crippen molar-refractivity contribution in [1.82, 2.24) is 10.2 Å². The van der Waals surface area contributed by atoms with E-state index in [-0.39, 0.29) is 0 Å². The van der Waals surface area contributed by atoms with E-state index in [1.165, 1.54) is 19.4 Å². The van der Waals surface area contributed by atoms with Gasteiger partial charge < -0.3 is 10.2 Å². The topological polar surface area (TPSA) is 15.3 Å². The molecule has 2 nitrogen and oxygen atoms in total. The molecule has 0 bridgehead atoms. The van der Waals surface area contributed by atoms with Crippen molar-refractivity contribution in [3.8, 4) is 0 Å². The van der Waals surface area contributed by atoms with Gasteiger partial charge in [-0.15, -0.1) is 0 Å². The molecule has 0 aromatic heterocycles. The van der Waals surface area contributed by atoms with Crippen LogP contribution in [-0.2, 0) is 0 Å². The minimum atomic E-state index is 0.594. The van der Waals surface area contributed by atoms with E-state index in [0.29, 0.717) is 6.04 Å². The minimum absolute atomic E-state index is 0.594. The summed E-state index contributed by atoms with van der Waals surface area (Å²) in [6.45, 7) is 9.17.